The third kappa shape index (κ3) is 2.40. The number of aromatic amines is 1. The van der Waals surface area contributed by atoms with Gasteiger partial charge in [0.05, 0.1) is 5.69 Å². The maximum Gasteiger partial charge on any atom is 0.411 e. The fourth-order valence-electron chi connectivity index (χ4n) is 1.78. The van der Waals surface area contributed by atoms with Gasteiger partial charge in [0, 0.05) is 35.2 Å². The summed E-state index contributed by atoms with van der Waals surface area (Å²) in [7, 11) is 0. The van der Waals surface area contributed by atoms with Crippen molar-refractivity contribution < 1.29 is 15.1 Å². The SMILES string of the molecule is O=C(O)N(CCNO)c1c[nH]c2ccc(Cl)cc12. The van der Waals surface area contributed by atoms with Crippen molar-refractivity contribution in [3.63, 3.8) is 0 Å². The number of nitrogens with zero attached hydrogens (tertiary/aromatic N) is 1. The number of carbonyl (C=O) groups is 1. The van der Waals surface area contributed by atoms with E-state index in [1.54, 1.807) is 24.4 Å². The van der Waals surface area contributed by atoms with Crippen molar-refractivity contribution in [1.82, 2.24) is 10.5 Å². The number of amides is 1. The van der Waals surface area contributed by atoms with Crippen LogP contribution in [0.2, 0.25) is 5.02 Å². The summed E-state index contributed by atoms with van der Waals surface area (Å²) in [5.74, 6) is 0. The second kappa shape index (κ2) is 5.26. The topological polar surface area (TPSA) is 88.6 Å². The van der Waals surface area contributed by atoms with Crippen LogP contribution in [0.25, 0.3) is 10.9 Å². The molecule has 0 saturated carbocycles. The van der Waals surface area contributed by atoms with E-state index < -0.39 is 6.09 Å². The summed E-state index contributed by atoms with van der Waals surface area (Å²) in [6.45, 7) is 0.269. The number of halogens is 1. The number of aromatic nitrogens is 1. The molecule has 0 spiro atoms. The van der Waals surface area contributed by atoms with Gasteiger partial charge >= 0.3 is 6.09 Å². The third-order valence-corrected chi connectivity index (χ3v) is 2.83. The van der Waals surface area contributed by atoms with Crippen LogP contribution in [0.15, 0.2) is 24.4 Å². The van der Waals surface area contributed by atoms with Crippen LogP contribution in [0, 0.1) is 0 Å². The summed E-state index contributed by atoms with van der Waals surface area (Å²) in [5, 5.41) is 19.0. The maximum absolute atomic E-state index is 11.2. The van der Waals surface area contributed by atoms with E-state index >= 15 is 0 Å². The van der Waals surface area contributed by atoms with Crippen LogP contribution in [0.1, 0.15) is 0 Å². The molecule has 18 heavy (non-hydrogen) atoms. The van der Waals surface area contributed by atoms with Gasteiger partial charge in [-0.3, -0.25) is 4.90 Å². The standard InChI is InChI=1S/C11H12ClN3O3/c12-7-1-2-9-8(5-7)10(6-13-9)15(11(16)17)4-3-14-18/h1-2,5-6,13-14,18H,3-4H2,(H,16,17). The fraction of sp³-hybridized carbons (Fsp3) is 0.182. The Labute approximate surface area is 108 Å². The van der Waals surface area contributed by atoms with Gasteiger partial charge in [-0.1, -0.05) is 11.6 Å². The second-order valence-corrected chi connectivity index (χ2v) is 4.14. The highest BCUT2D eigenvalue weighted by Gasteiger charge is 2.17. The van der Waals surface area contributed by atoms with E-state index in [2.05, 4.69) is 4.98 Å². The average molecular weight is 270 g/mol. The van der Waals surface area contributed by atoms with Crippen LogP contribution < -0.4 is 10.4 Å². The minimum absolute atomic E-state index is 0.130. The lowest BCUT2D eigenvalue weighted by molar-refractivity contribution is 0.167. The van der Waals surface area contributed by atoms with E-state index in [4.69, 9.17) is 16.8 Å². The Kier molecular flexibility index (Phi) is 3.71. The predicted molar refractivity (Wildman–Crippen MR) is 68.5 cm³/mol. The molecule has 0 aliphatic rings. The molecule has 4 N–H and O–H groups in total. The first-order valence-corrected chi connectivity index (χ1v) is 5.65. The summed E-state index contributed by atoms with van der Waals surface area (Å²) in [6.07, 6.45) is 0.512. The van der Waals surface area contributed by atoms with Gasteiger partial charge < -0.3 is 15.3 Å². The monoisotopic (exact) mass is 269 g/mol. The molecule has 0 atom stereocenters. The molecule has 2 rings (SSSR count). The minimum atomic E-state index is -1.09. The molecule has 1 aromatic heterocycles. The summed E-state index contributed by atoms with van der Waals surface area (Å²) in [4.78, 5) is 15.3. The molecule has 0 saturated heterocycles. The molecule has 96 valence electrons. The first kappa shape index (κ1) is 12.7. The third-order valence-electron chi connectivity index (χ3n) is 2.59. The summed E-state index contributed by atoms with van der Waals surface area (Å²) < 4.78 is 0. The highest BCUT2D eigenvalue weighted by Crippen LogP contribution is 2.29. The van der Waals surface area contributed by atoms with E-state index in [-0.39, 0.29) is 13.1 Å². The molecule has 0 bridgehead atoms. The number of rotatable bonds is 4. The van der Waals surface area contributed by atoms with Crippen molar-refractivity contribution in [3.05, 3.63) is 29.4 Å². The Morgan fingerprint density at radius 3 is 2.94 bits per heavy atom. The van der Waals surface area contributed by atoms with Crippen molar-refractivity contribution >= 4 is 34.3 Å². The van der Waals surface area contributed by atoms with Gasteiger partial charge in [0.2, 0.25) is 0 Å². The van der Waals surface area contributed by atoms with Crippen LogP contribution in [-0.4, -0.2) is 34.5 Å². The number of hydroxylamine groups is 1. The van der Waals surface area contributed by atoms with Crippen molar-refractivity contribution in [1.29, 1.82) is 0 Å². The number of nitrogens with one attached hydrogen (secondary N) is 2. The molecule has 0 aliphatic carbocycles. The summed E-state index contributed by atoms with van der Waals surface area (Å²) in [6, 6.07) is 5.21. The van der Waals surface area contributed by atoms with Crippen LogP contribution >= 0.6 is 11.6 Å². The molecule has 2 aromatic rings. The van der Waals surface area contributed by atoms with Gasteiger partial charge in [0.25, 0.3) is 0 Å². The molecule has 1 amide bonds. The predicted octanol–water partition coefficient (Wildman–Crippen LogP) is 2.28. The van der Waals surface area contributed by atoms with Crippen LogP contribution in [0.5, 0.6) is 0 Å². The second-order valence-electron chi connectivity index (χ2n) is 3.71. The molecular formula is C11H12ClN3O3. The Morgan fingerprint density at radius 1 is 1.50 bits per heavy atom. The van der Waals surface area contributed by atoms with E-state index in [0.717, 1.165) is 15.8 Å². The van der Waals surface area contributed by atoms with Gasteiger partial charge in [-0.25, -0.2) is 10.3 Å². The first-order chi connectivity index (χ1) is 8.63. The lowest BCUT2D eigenvalue weighted by Gasteiger charge is -2.17. The molecule has 1 heterocycles. The number of fused-ring (bicyclic) bond motifs is 1. The lowest BCUT2D eigenvalue weighted by Crippen LogP contribution is -2.35. The van der Waals surface area contributed by atoms with E-state index in [9.17, 15) is 9.90 Å². The van der Waals surface area contributed by atoms with Crippen molar-refractivity contribution in [2.24, 2.45) is 0 Å². The van der Waals surface area contributed by atoms with E-state index in [0.29, 0.717) is 10.7 Å². The number of anilines is 1. The number of hydrogen-bond acceptors (Lipinski definition) is 3. The highest BCUT2D eigenvalue weighted by atomic mass is 35.5. The molecule has 0 fully saturated rings. The molecule has 1 aromatic carbocycles. The van der Waals surface area contributed by atoms with E-state index in [1.807, 2.05) is 5.48 Å². The number of H-pyrrole nitrogens is 1. The normalized spacial score (nSPS) is 10.8. The quantitative estimate of drug-likeness (QED) is 0.641. The van der Waals surface area contributed by atoms with Crippen LogP contribution in [0.4, 0.5) is 10.5 Å². The van der Waals surface area contributed by atoms with Crippen LogP contribution in [-0.2, 0) is 0 Å². The molecular weight excluding hydrogens is 258 g/mol. The summed E-state index contributed by atoms with van der Waals surface area (Å²) >= 11 is 5.90. The van der Waals surface area contributed by atoms with Crippen molar-refractivity contribution in [2.45, 2.75) is 0 Å². The Morgan fingerprint density at radius 2 is 2.28 bits per heavy atom. The number of benzene rings is 1. The van der Waals surface area contributed by atoms with Gasteiger partial charge in [-0.2, -0.15) is 0 Å². The molecule has 0 aliphatic heterocycles. The molecule has 0 unspecified atom stereocenters. The van der Waals surface area contributed by atoms with Gasteiger partial charge in [0.15, 0.2) is 0 Å². The Balaban J connectivity index is 2.43. The number of carboxylic acid groups (broad SMARTS) is 1. The highest BCUT2D eigenvalue weighted by molar-refractivity contribution is 6.31. The van der Waals surface area contributed by atoms with E-state index in [1.165, 1.54) is 0 Å². The Bertz CT molecular complexity index is 570. The maximum atomic E-state index is 11.2. The zero-order chi connectivity index (χ0) is 13.1. The van der Waals surface area contributed by atoms with Gasteiger partial charge in [-0.15, -0.1) is 0 Å². The lowest BCUT2D eigenvalue weighted by atomic mass is 10.2. The van der Waals surface area contributed by atoms with Crippen molar-refractivity contribution in [3.8, 4) is 0 Å². The zero-order valence-electron chi connectivity index (χ0n) is 9.35. The Hall–Kier alpha value is -1.76. The van der Waals surface area contributed by atoms with Gasteiger partial charge in [0.1, 0.15) is 0 Å². The minimum Gasteiger partial charge on any atom is -0.465 e. The molecule has 6 nitrogen and oxygen atoms in total. The zero-order valence-corrected chi connectivity index (χ0v) is 10.1. The largest absolute Gasteiger partial charge is 0.465 e. The molecule has 7 heteroatoms. The number of hydrogen-bond donors (Lipinski definition) is 4. The average Bonchev–Trinajstić information content (AvgIpc) is 2.72. The summed E-state index contributed by atoms with van der Waals surface area (Å²) in [5.41, 5.74) is 3.25. The smallest absolute Gasteiger partial charge is 0.411 e. The van der Waals surface area contributed by atoms with Gasteiger partial charge in [-0.05, 0) is 18.2 Å². The van der Waals surface area contributed by atoms with Crippen molar-refractivity contribution in [2.75, 3.05) is 18.0 Å². The fourth-order valence-corrected chi connectivity index (χ4v) is 1.95. The van der Waals surface area contributed by atoms with Crippen LogP contribution in [0.3, 0.4) is 0 Å². The first-order valence-electron chi connectivity index (χ1n) is 5.27. The molecule has 0 radical (unpaired) electrons.